The Morgan fingerprint density at radius 3 is 1.71 bits per heavy atom. The number of rotatable bonds is 3. The lowest BCUT2D eigenvalue weighted by Gasteiger charge is -2.14. The van der Waals surface area contributed by atoms with Crippen molar-refractivity contribution in [1.29, 1.82) is 0 Å². The summed E-state index contributed by atoms with van der Waals surface area (Å²) < 4.78 is -3.73. The fourth-order valence-corrected chi connectivity index (χ4v) is 2.52. The Morgan fingerprint density at radius 1 is 0.792 bits per heavy atom. The maximum Gasteiger partial charge on any atom is 0.250 e. The van der Waals surface area contributed by atoms with Gasteiger partial charge in [0.2, 0.25) is 7.59 Å². The lowest BCUT2D eigenvalue weighted by atomic mass is 10.2. The van der Waals surface area contributed by atoms with E-state index in [1.54, 1.807) is 23.9 Å². The third kappa shape index (κ3) is 5.80. The van der Waals surface area contributed by atoms with Crippen LogP contribution in [-0.2, 0) is 7.59 Å². The zero-order chi connectivity index (χ0) is 18.0. The molecule has 0 aliphatic heterocycles. The van der Waals surface area contributed by atoms with Crippen molar-refractivity contribution in [3.63, 3.8) is 0 Å². The monoisotopic (exact) mass is 461 g/mol. The zero-order valence-corrected chi connectivity index (χ0v) is 17.3. The minimum Gasteiger partial charge on any atom is -0.209 e. The second kappa shape index (κ2) is 8.17. The van der Waals surface area contributed by atoms with Crippen molar-refractivity contribution in [1.82, 2.24) is 15.0 Å². The molecule has 0 aliphatic carbocycles. The van der Waals surface area contributed by atoms with Crippen LogP contribution < -0.4 is 0 Å². The van der Waals surface area contributed by atoms with Gasteiger partial charge in [-0.3, -0.25) is 0 Å². The Hall–Kier alpha value is 0.0600. The van der Waals surface area contributed by atoms with Gasteiger partial charge in [-0.1, -0.05) is 87.8 Å². The molecule has 2 rings (SSSR count). The molecule has 1 aromatic heterocycles. The van der Waals surface area contributed by atoms with Crippen LogP contribution in [-0.4, -0.2) is 21.2 Å². The summed E-state index contributed by atoms with van der Waals surface area (Å²) in [6, 6.07) is 7.90. The highest BCUT2D eigenvalue weighted by molar-refractivity contribution is 7.98. The minimum absolute atomic E-state index is 0.124. The van der Waals surface area contributed by atoms with Crippen molar-refractivity contribution in [2.75, 3.05) is 6.26 Å². The lowest BCUT2D eigenvalue weighted by Crippen LogP contribution is -2.16. The Labute approximate surface area is 173 Å². The van der Waals surface area contributed by atoms with E-state index in [1.807, 2.05) is 30.5 Å². The molecule has 0 atom stereocenters. The topological polar surface area (TPSA) is 38.7 Å². The molecule has 0 aliphatic rings. The van der Waals surface area contributed by atoms with Gasteiger partial charge in [-0.15, -0.1) is 11.8 Å². The van der Waals surface area contributed by atoms with Crippen LogP contribution in [0.4, 0.5) is 0 Å². The van der Waals surface area contributed by atoms with Crippen LogP contribution in [0, 0.1) is 0 Å². The molecule has 1 aromatic carbocycles. The molecule has 0 radical (unpaired) electrons. The maximum absolute atomic E-state index is 5.83. The van der Waals surface area contributed by atoms with E-state index in [1.165, 1.54) is 0 Å². The molecule has 1 heterocycles. The third-order valence-electron chi connectivity index (χ3n) is 2.70. The van der Waals surface area contributed by atoms with Crippen molar-refractivity contribution in [3.8, 4) is 0 Å². The highest BCUT2D eigenvalue weighted by atomic mass is 35.6. The van der Waals surface area contributed by atoms with E-state index in [-0.39, 0.29) is 17.5 Å². The predicted octanol–water partition coefficient (Wildman–Crippen LogP) is 6.42. The van der Waals surface area contributed by atoms with Gasteiger partial charge in [-0.05, 0) is 30.0 Å². The molecule has 10 heteroatoms. The summed E-state index contributed by atoms with van der Waals surface area (Å²) in [6.07, 6.45) is 5.42. The van der Waals surface area contributed by atoms with E-state index >= 15 is 0 Å². The van der Waals surface area contributed by atoms with Crippen LogP contribution in [0.3, 0.4) is 0 Å². The van der Waals surface area contributed by atoms with Crippen LogP contribution in [0.15, 0.2) is 29.2 Å². The van der Waals surface area contributed by atoms with Gasteiger partial charge in [-0.2, -0.15) is 0 Å². The maximum atomic E-state index is 5.83. The number of hydrogen-bond donors (Lipinski definition) is 0. The molecule has 0 unspecified atom stereocenters. The van der Waals surface area contributed by atoms with E-state index in [2.05, 4.69) is 15.0 Å². The van der Waals surface area contributed by atoms with Gasteiger partial charge >= 0.3 is 0 Å². The molecular weight excluding hydrogens is 455 g/mol. The lowest BCUT2D eigenvalue weighted by molar-refractivity contribution is 0.835. The van der Waals surface area contributed by atoms with Crippen molar-refractivity contribution < 1.29 is 0 Å². The molecule has 128 valence electrons. The van der Waals surface area contributed by atoms with Crippen molar-refractivity contribution in [2.24, 2.45) is 0 Å². The molecule has 0 fully saturated rings. The molecule has 24 heavy (non-hydrogen) atoms. The fraction of sp³-hybridized carbons (Fsp3) is 0.214. The van der Waals surface area contributed by atoms with E-state index in [9.17, 15) is 0 Å². The first-order valence-electron chi connectivity index (χ1n) is 6.32. The number of nitrogens with zero attached hydrogens (tertiary/aromatic N) is 3. The number of halogens is 6. The first-order chi connectivity index (χ1) is 11.1. The largest absolute Gasteiger partial charge is 0.250 e. The molecule has 0 spiro atoms. The van der Waals surface area contributed by atoms with Gasteiger partial charge < -0.3 is 0 Å². The summed E-state index contributed by atoms with van der Waals surface area (Å²) >= 11 is 36.6. The predicted molar refractivity (Wildman–Crippen MR) is 105 cm³/mol. The Balaban J connectivity index is 2.39. The van der Waals surface area contributed by atoms with E-state index in [0.29, 0.717) is 0 Å². The van der Waals surface area contributed by atoms with Gasteiger partial charge in [0.1, 0.15) is 0 Å². The van der Waals surface area contributed by atoms with Gasteiger partial charge in [0, 0.05) is 4.90 Å². The molecule has 0 amide bonds. The van der Waals surface area contributed by atoms with Crippen LogP contribution in [0.1, 0.15) is 23.0 Å². The second-order valence-electron chi connectivity index (χ2n) is 4.44. The van der Waals surface area contributed by atoms with Gasteiger partial charge in [0.05, 0.1) is 0 Å². The standard InChI is InChI=1S/C14H9Cl6N3S/c1-24-9-5-2-8(3-6-9)4-7-10-21-11(13(15,16)17)23-12(22-10)14(18,19)20/h2-7H,1H3/b7-4+. The number of alkyl halides is 6. The van der Waals surface area contributed by atoms with Crippen molar-refractivity contribution in [2.45, 2.75) is 12.5 Å². The molecule has 3 nitrogen and oxygen atoms in total. The van der Waals surface area contributed by atoms with E-state index < -0.39 is 7.59 Å². The van der Waals surface area contributed by atoms with Gasteiger partial charge in [-0.25, -0.2) is 15.0 Å². The third-order valence-corrected chi connectivity index (χ3v) is 4.46. The number of benzene rings is 1. The average Bonchev–Trinajstić information content (AvgIpc) is 2.51. The van der Waals surface area contributed by atoms with Crippen molar-refractivity contribution >= 4 is 93.5 Å². The molecular formula is C14H9Cl6N3S. The molecule has 0 saturated carbocycles. The Bertz CT molecular complexity index is 705. The first kappa shape index (κ1) is 20.4. The zero-order valence-electron chi connectivity index (χ0n) is 12.0. The number of aromatic nitrogens is 3. The van der Waals surface area contributed by atoms with Crippen LogP contribution in [0.5, 0.6) is 0 Å². The normalized spacial score (nSPS) is 12.8. The Morgan fingerprint density at radius 2 is 1.29 bits per heavy atom. The van der Waals surface area contributed by atoms with Crippen LogP contribution in [0.2, 0.25) is 0 Å². The van der Waals surface area contributed by atoms with Crippen molar-refractivity contribution in [3.05, 3.63) is 47.3 Å². The summed E-state index contributed by atoms with van der Waals surface area (Å²) in [5.74, 6) is -0.0380. The highest BCUT2D eigenvalue weighted by Crippen LogP contribution is 2.39. The van der Waals surface area contributed by atoms with Crippen LogP contribution >= 0.6 is 81.4 Å². The summed E-state index contributed by atoms with van der Waals surface area (Å²) in [6.45, 7) is 0. The van der Waals surface area contributed by atoms with Gasteiger partial charge in [0.25, 0.3) is 0 Å². The highest BCUT2D eigenvalue weighted by Gasteiger charge is 2.33. The summed E-state index contributed by atoms with van der Waals surface area (Å²) in [4.78, 5) is 13.2. The number of hydrogen-bond acceptors (Lipinski definition) is 4. The SMILES string of the molecule is CSc1ccc(/C=C/c2nc(C(Cl)(Cl)Cl)nc(C(Cl)(Cl)Cl)n2)cc1. The minimum atomic E-state index is -1.86. The quantitative estimate of drug-likeness (QED) is 0.389. The molecule has 0 saturated heterocycles. The number of thioether (sulfide) groups is 1. The summed E-state index contributed by atoms with van der Waals surface area (Å²) in [5.41, 5.74) is 0.944. The van der Waals surface area contributed by atoms with E-state index in [0.717, 1.165) is 10.5 Å². The molecule has 0 N–H and O–H groups in total. The van der Waals surface area contributed by atoms with Crippen LogP contribution in [0.25, 0.3) is 12.2 Å². The Kier molecular flexibility index (Phi) is 6.94. The smallest absolute Gasteiger partial charge is 0.209 e. The fourth-order valence-electron chi connectivity index (χ4n) is 1.61. The van der Waals surface area contributed by atoms with E-state index in [4.69, 9.17) is 69.6 Å². The second-order valence-corrected chi connectivity index (χ2v) is 9.88. The molecule has 0 bridgehead atoms. The summed E-state index contributed by atoms with van der Waals surface area (Å²) in [7, 11) is 0. The molecule has 2 aromatic rings. The first-order valence-corrected chi connectivity index (χ1v) is 9.81. The summed E-state index contributed by atoms with van der Waals surface area (Å²) in [5, 5.41) is 0. The average molecular weight is 464 g/mol. The van der Waals surface area contributed by atoms with Gasteiger partial charge in [0.15, 0.2) is 17.5 Å².